The Bertz CT molecular complexity index is 527. The highest BCUT2D eigenvalue weighted by Crippen LogP contribution is 2.34. The maximum atomic E-state index is 13.8. The Balaban J connectivity index is 1.62. The quantitative estimate of drug-likeness (QED) is 0.884. The lowest BCUT2D eigenvalue weighted by Crippen LogP contribution is -2.44. The average Bonchev–Trinajstić information content (AvgIpc) is 3.16. The Kier molecular flexibility index (Phi) is 4.47. The molecule has 6 heteroatoms. The van der Waals surface area contributed by atoms with E-state index in [0.29, 0.717) is 23.8 Å². The first-order valence-electron chi connectivity index (χ1n) is 7.30. The van der Waals surface area contributed by atoms with Gasteiger partial charge in [0.2, 0.25) is 5.91 Å². The fourth-order valence-corrected chi connectivity index (χ4v) is 4.18. The molecule has 3 unspecified atom stereocenters. The van der Waals surface area contributed by atoms with Crippen molar-refractivity contribution in [3.05, 3.63) is 35.6 Å². The third-order valence-electron chi connectivity index (χ3n) is 4.20. The summed E-state index contributed by atoms with van der Waals surface area (Å²) in [6, 6.07) is 6.50. The average molecular weight is 309 g/mol. The monoisotopic (exact) mass is 309 g/mol. The maximum absolute atomic E-state index is 13.8. The molecule has 2 heterocycles. The minimum Gasteiger partial charge on any atom is -0.341 e. The van der Waals surface area contributed by atoms with E-state index in [1.54, 1.807) is 23.9 Å². The highest BCUT2D eigenvalue weighted by Gasteiger charge is 2.36. The second-order valence-electron chi connectivity index (χ2n) is 5.63. The maximum Gasteiger partial charge on any atom is 0.240 e. The molecule has 21 heavy (non-hydrogen) atoms. The summed E-state index contributed by atoms with van der Waals surface area (Å²) in [5.74, 6) is 1.00. The first-order chi connectivity index (χ1) is 10.2. The van der Waals surface area contributed by atoms with Crippen LogP contribution in [0, 0.1) is 11.7 Å². The van der Waals surface area contributed by atoms with Crippen LogP contribution in [0.4, 0.5) is 4.39 Å². The topological polar surface area (TPSA) is 58.4 Å². The van der Waals surface area contributed by atoms with Crippen molar-refractivity contribution in [1.29, 1.82) is 0 Å². The number of hydrogen-bond acceptors (Lipinski definition) is 4. The van der Waals surface area contributed by atoms with Gasteiger partial charge in [-0.3, -0.25) is 10.1 Å². The van der Waals surface area contributed by atoms with Crippen LogP contribution < -0.4 is 11.1 Å². The molecule has 1 amide bonds. The molecule has 2 aliphatic heterocycles. The fraction of sp³-hybridized carbons (Fsp3) is 0.533. The largest absolute Gasteiger partial charge is 0.341 e. The summed E-state index contributed by atoms with van der Waals surface area (Å²) >= 11 is 1.59. The van der Waals surface area contributed by atoms with Gasteiger partial charge in [-0.25, -0.2) is 4.39 Å². The van der Waals surface area contributed by atoms with Crippen LogP contribution in [-0.4, -0.2) is 42.2 Å². The number of carbonyl (C=O) groups is 1. The first-order valence-corrected chi connectivity index (χ1v) is 8.35. The van der Waals surface area contributed by atoms with Crippen molar-refractivity contribution in [3.8, 4) is 0 Å². The zero-order valence-electron chi connectivity index (χ0n) is 11.8. The van der Waals surface area contributed by atoms with Crippen LogP contribution in [0.2, 0.25) is 0 Å². The van der Waals surface area contributed by atoms with E-state index >= 15 is 0 Å². The third-order valence-corrected chi connectivity index (χ3v) is 5.45. The van der Waals surface area contributed by atoms with Crippen molar-refractivity contribution in [2.24, 2.45) is 11.7 Å². The van der Waals surface area contributed by atoms with Gasteiger partial charge in [0.1, 0.15) is 5.82 Å². The molecule has 3 atom stereocenters. The van der Waals surface area contributed by atoms with Crippen LogP contribution in [0.25, 0.3) is 0 Å². The molecule has 3 N–H and O–H groups in total. The summed E-state index contributed by atoms with van der Waals surface area (Å²) in [5, 5.41) is 3.11. The minimum absolute atomic E-state index is 0.122. The van der Waals surface area contributed by atoms with E-state index in [9.17, 15) is 9.18 Å². The van der Waals surface area contributed by atoms with Crippen LogP contribution >= 0.6 is 11.8 Å². The molecule has 0 radical (unpaired) electrons. The molecular formula is C15H20FN3OS. The highest BCUT2D eigenvalue weighted by atomic mass is 32.2. The lowest BCUT2D eigenvalue weighted by atomic mass is 10.1. The number of nitrogens with zero attached hydrogens (tertiary/aromatic N) is 1. The summed E-state index contributed by atoms with van der Waals surface area (Å²) < 4.78 is 13.8. The minimum atomic E-state index is -0.226. The van der Waals surface area contributed by atoms with Crippen molar-refractivity contribution >= 4 is 17.7 Å². The number of likely N-dealkylation sites (tertiary alicyclic amines) is 1. The van der Waals surface area contributed by atoms with E-state index in [-0.39, 0.29) is 23.1 Å². The van der Waals surface area contributed by atoms with Gasteiger partial charge in [-0.2, -0.15) is 0 Å². The Morgan fingerprint density at radius 1 is 1.48 bits per heavy atom. The first kappa shape index (κ1) is 14.8. The van der Waals surface area contributed by atoms with E-state index in [1.165, 1.54) is 6.07 Å². The molecule has 0 bridgehead atoms. The molecule has 0 spiro atoms. The Morgan fingerprint density at radius 2 is 2.29 bits per heavy atom. The molecule has 1 aromatic carbocycles. The summed E-state index contributed by atoms with van der Waals surface area (Å²) in [5.41, 5.74) is 6.29. The summed E-state index contributed by atoms with van der Waals surface area (Å²) in [6.45, 7) is 2.17. The van der Waals surface area contributed by atoms with E-state index in [0.717, 1.165) is 19.5 Å². The van der Waals surface area contributed by atoms with Gasteiger partial charge in [0.25, 0.3) is 0 Å². The third kappa shape index (κ3) is 3.07. The van der Waals surface area contributed by atoms with Gasteiger partial charge in [0.05, 0.1) is 11.4 Å². The molecule has 2 aliphatic rings. The molecule has 2 fully saturated rings. The van der Waals surface area contributed by atoms with Crippen LogP contribution in [-0.2, 0) is 4.79 Å². The smallest absolute Gasteiger partial charge is 0.240 e. The van der Waals surface area contributed by atoms with Crippen LogP contribution in [0.5, 0.6) is 0 Å². The zero-order valence-corrected chi connectivity index (χ0v) is 12.6. The fourth-order valence-electron chi connectivity index (χ4n) is 2.93. The number of halogens is 1. The number of thioether (sulfide) groups is 1. The van der Waals surface area contributed by atoms with Gasteiger partial charge in [-0.05, 0) is 24.9 Å². The number of benzene rings is 1. The Labute approximate surface area is 128 Å². The van der Waals surface area contributed by atoms with Gasteiger partial charge in [0, 0.05) is 24.4 Å². The molecule has 2 saturated heterocycles. The molecule has 0 aromatic heterocycles. The molecule has 0 aliphatic carbocycles. The van der Waals surface area contributed by atoms with Gasteiger partial charge in [-0.1, -0.05) is 18.2 Å². The molecule has 114 valence electrons. The lowest BCUT2D eigenvalue weighted by molar-refractivity contribution is -0.131. The predicted octanol–water partition coefficient (Wildman–Crippen LogP) is 1.34. The molecular weight excluding hydrogens is 289 g/mol. The molecule has 4 nitrogen and oxygen atoms in total. The second-order valence-corrected chi connectivity index (χ2v) is 6.77. The Hall–Kier alpha value is -1.11. The van der Waals surface area contributed by atoms with Gasteiger partial charge < -0.3 is 10.6 Å². The summed E-state index contributed by atoms with van der Waals surface area (Å²) in [6.07, 6.45) is 0.985. The van der Waals surface area contributed by atoms with Crippen LogP contribution in [0.15, 0.2) is 24.3 Å². The summed E-state index contributed by atoms with van der Waals surface area (Å²) in [4.78, 5) is 14.4. The van der Waals surface area contributed by atoms with Gasteiger partial charge >= 0.3 is 0 Å². The van der Waals surface area contributed by atoms with Crippen molar-refractivity contribution < 1.29 is 9.18 Å². The van der Waals surface area contributed by atoms with Crippen LogP contribution in [0.1, 0.15) is 17.4 Å². The number of nitrogens with two attached hydrogens (primary N) is 1. The SMILES string of the molecule is NCC1CCN(C(=O)C2CSC(c3ccccc3F)N2)C1. The van der Waals surface area contributed by atoms with Gasteiger partial charge in [0.15, 0.2) is 0 Å². The van der Waals surface area contributed by atoms with Crippen molar-refractivity contribution in [1.82, 2.24) is 10.2 Å². The van der Waals surface area contributed by atoms with Crippen molar-refractivity contribution in [2.45, 2.75) is 17.8 Å². The normalized spacial score (nSPS) is 29.0. The van der Waals surface area contributed by atoms with Gasteiger partial charge in [-0.15, -0.1) is 11.8 Å². The molecule has 3 rings (SSSR count). The van der Waals surface area contributed by atoms with Crippen molar-refractivity contribution in [2.75, 3.05) is 25.4 Å². The number of carbonyl (C=O) groups excluding carboxylic acids is 1. The van der Waals surface area contributed by atoms with E-state index in [2.05, 4.69) is 5.32 Å². The van der Waals surface area contributed by atoms with Crippen molar-refractivity contribution in [3.63, 3.8) is 0 Å². The lowest BCUT2D eigenvalue weighted by Gasteiger charge is -2.21. The Morgan fingerprint density at radius 3 is 3.00 bits per heavy atom. The summed E-state index contributed by atoms with van der Waals surface area (Å²) in [7, 11) is 0. The van der Waals surface area contributed by atoms with E-state index in [1.807, 2.05) is 11.0 Å². The van der Waals surface area contributed by atoms with E-state index < -0.39 is 0 Å². The predicted molar refractivity (Wildman–Crippen MR) is 82.3 cm³/mol. The number of rotatable bonds is 3. The number of nitrogens with one attached hydrogen (secondary N) is 1. The van der Waals surface area contributed by atoms with Crippen LogP contribution in [0.3, 0.4) is 0 Å². The number of amides is 1. The standard InChI is InChI=1S/C15H20FN3OS/c16-12-4-2-1-3-11(12)14-18-13(9-21-14)15(20)19-6-5-10(7-17)8-19/h1-4,10,13-14,18H,5-9,17H2. The molecule has 1 aromatic rings. The molecule has 0 saturated carbocycles. The highest BCUT2D eigenvalue weighted by molar-refractivity contribution is 7.99. The van der Waals surface area contributed by atoms with E-state index in [4.69, 9.17) is 5.73 Å². The number of hydrogen-bond donors (Lipinski definition) is 2. The second kappa shape index (κ2) is 6.34. The zero-order chi connectivity index (χ0) is 14.8.